The zero-order valence-corrected chi connectivity index (χ0v) is 19.4. The summed E-state index contributed by atoms with van der Waals surface area (Å²) in [6, 6.07) is 11.1. The maximum atomic E-state index is 12.1. The van der Waals surface area contributed by atoms with Crippen molar-refractivity contribution in [2.24, 2.45) is 0 Å². The van der Waals surface area contributed by atoms with Gasteiger partial charge in [-0.1, -0.05) is 6.07 Å². The second-order valence-corrected chi connectivity index (χ2v) is 8.53. The van der Waals surface area contributed by atoms with Crippen molar-refractivity contribution in [3.63, 3.8) is 0 Å². The first-order valence-corrected chi connectivity index (χ1v) is 11.4. The van der Waals surface area contributed by atoms with Crippen LogP contribution in [0.4, 0.5) is 22.0 Å². The number of nitrogens with one attached hydrogen (secondary N) is 1. The number of hydrogen-bond acceptors (Lipinski definition) is 8. The Labute approximate surface area is 202 Å². The molecule has 0 saturated heterocycles. The number of benzene rings is 1. The molecule has 2 aromatic heterocycles. The van der Waals surface area contributed by atoms with Gasteiger partial charge in [-0.3, -0.25) is 9.88 Å². The molecular weight excluding hydrogens is 450 g/mol. The van der Waals surface area contributed by atoms with Crippen molar-refractivity contribution in [1.82, 2.24) is 14.9 Å². The van der Waals surface area contributed by atoms with Gasteiger partial charge in [-0.2, -0.15) is 4.98 Å². The number of anilines is 3. The van der Waals surface area contributed by atoms with Gasteiger partial charge in [-0.25, -0.2) is 4.79 Å². The number of aromatic nitrogens is 2. The summed E-state index contributed by atoms with van der Waals surface area (Å²) in [5.41, 5.74) is 10.4. The number of methoxy groups -OCH3 is 1. The summed E-state index contributed by atoms with van der Waals surface area (Å²) in [5, 5.41) is 13.2. The Morgan fingerprint density at radius 3 is 2.83 bits per heavy atom. The van der Waals surface area contributed by atoms with Crippen LogP contribution in [0.1, 0.15) is 23.2 Å². The topological polar surface area (TPSA) is 132 Å². The summed E-state index contributed by atoms with van der Waals surface area (Å²) in [5.74, 6) is 2.20. The Hall–Kier alpha value is -4.21. The number of aryl methyl sites for hydroxylation is 1. The van der Waals surface area contributed by atoms with E-state index < -0.39 is 6.09 Å². The number of hydrogen-bond donors (Lipinski definition) is 3. The molecule has 5 rings (SSSR count). The van der Waals surface area contributed by atoms with E-state index in [4.69, 9.17) is 19.9 Å². The molecule has 0 saturated carbocycles. The van der Waals surface area contributed by atoms with Gasteiger partial charge in [0.05, 0.1) is 31.2 Å². The molecule has 1 amide bonds. The molecule has 0 bridgehead atoms. The smallest absolute Gasteiger partial charge is 0.407 e. The van der Waals surface area contributed by atoms with E-state index >= 15 is 0 Å². The van der Waals surface area contributed by atoms with Crippen LogP contribution in [-0.4, -0.2) is 52.4 Å². The van der Waals surface area contributed by atoms with Crippen molar-refractivity contribution in [3.8, 4) is 17.4 Å². The van der Waals surface area contributed by atoms with Crippen LogP contribution in [0.2, 0.25) is 0 Å². The van der Waals surface area contributed by atoms with Gasteiger partial charge >= 0.3 is 6.09 Å². The minimum absolute atomic E-state index is 0.149. The summed E-state index contributed by atoms with van der Waals surface area (Å²) < 4.78 is 16.3. The Balaban J connectivity index is 1.30. The first kappa shape index (κ1) is 22.6. The third kappa shape index (κ3) is 4.86. The largest absolute Gasteiger partial charge is 0.486 e. The molecule has 1 aliphatic heterocycles. The number of nitrogens with two attached hydrogens (primary N) is 1. The van der Waals surface area contributed by atoms with Crippen molar-refractivity contribution in [1.29, 1.82) is 0 Å². The maximum Gasteiger partial charge on any atom is 0.407 e. The van der Waals surface area contributed by atoms with Gasteiger partial charge in [0.25, 0.3) is 0 Å². The highest BCUT2D eigenvalue weighted by molar-refractivity contribution is 5.70. The van der Waals surface area contributed by atoms with E-state index in [0.29, 0.717) is 60.6 Å². The molecule has 10 nitrogen and oxygen atoms in total. The molecule has 1 aliphatic carbocycles. The summed E-state index contributed by atoms with van der Waals surface area (Å²) in [4.78, 5) is 22.4. The number of nitrogens with zero attached hydrogens (tertiary/aromatic N) is 3. The molecule has 3 aromatic rings. The Morgan fingerprint density at radius 1 is 1.20 bits per heavy atom. The van der Waals surface area contributed by atoms with Crippen LogP contribution in [0.25, 0.3) is 0 Å². The lowest BCUT2D eigenvalue weighted by Gasteiger charge is -2.33. The summed E-state index contributed by atoms with van der Waals surface area (Å²) in [6.07, 6.45) is 2.74. The second kappa shape index (κ2) is 9.57. The molecule has 3 heterocycles. The van der Waals surface area contributed by atoms with Gasteiger partial charge in [-0.05, 0) is 48.6 Å². The fraction of sp³-hybridized carbons (Fsp3) is 0.320. The minimum Gasteiger partial charge on any atom is -0.486 e. The standard InChI is InChI=1S/C25H27N5O5/c1-33-23-7-6-20(26)24(29-23)28-17-4-2-16-11-19(5-3-15(16)10-17)30(25(31)32)14-18-12-21-22(13-27-18)35-9-8-34-21/h2,4,6-7,10,12-13,19H,3,5,8-9,11,14,26H2,1H3,(H,28,29)(H,31,32). The number of fused-ring (bicyclic) bond motifs is 2. The Morgan fingerprint density at radius 2 is 2.03 bits per heavy atom. The quantitative estimate of drug-likeness (QED) is 0.487. The summed E-state index contributed by atoms with van der Waals surface area (Å²) >= 11 is 0. The molecule has 0 fully saturated rings. The average molecular weight is 478 g/mol. The molecule has 4 N–H and O–H groups in total. The molecule has 0 radical (unpaired) electrons. The summed E-state index contributed by atoms with van der Waals surface area (Å²) in [7, 11) is 1.56. The van der Waals surface area contributed by atoms with Crippen LogP contribution in [-0.2, 0) is 19.4 Å². The zero-order valence-electron chi connectivity index (χ0n) is 19.4. The number of pyridine rings is 2. The van der Waals surface area contributed by atoms with Crippen molar-refractivity contribution in [2.75, 3.05) is 31.4 Å². The van der Waals surface area contributed by atoms with Crippen molar-refractivity contribution in [3.05, 3.63) is 59.4 Å². The van der Waals surface area contributed by atoms with Crippen LogP contribution in [0, 0.1) is 0 Å². The third-order valence-corrected chi connectivity index (χ3v) is 6.29. The van der Waals surface area contributed by atoms with E-state index in [1.807, 2.05) is 12.1 Å². The minimum atomic E-state index is -0.965. The van der Waals surface area contributed by atoms with Gasteiger partial charge in [0.1, 0.15) is 13.2 Å². The van der Waals surface area contributed by atoms with E-state index in [1.165, 1.54) is 10.5 Å². The monoisotopic (exact) mass is 477 g/mol. The molecule has 10 heteroatoms. The zero-order chi connectivity index (χ0) is 24.4. The molecular formula is C25H27N5O5. The normalized spacial score (nSPS) is 16.2. The van der Waals surface area contributed by atoms with Gasteiger partial charge in [0, 0.05) is 23.9 Å². The fourth-order valence-corrected chi connectivity index (χ4v) is 4.49. The van der Waals surface area contributed by atoms with Gasteiger partial charge in [-0.15, -0.1) is 0 Å². The van der Waals surface area contributed by atoms with Crippen molar-refractivity contribution >= 4 is 23.3 Å². The van der Waals surface area contributed by atoms with E-state index in [0.717, 1.165) is 17.7 Å². The predicted molar refractivity (Wildman–Crippen MR) is 130 cm³/mol. The number of nitrogen functional groups attached to an aromatic ring is 1. The molecule has 1 aromatic carbocycles. The van der Waals surface area contributed by atoms with Crippen LogP contribution < -0.4 is 25.3 Å². The number of carboxylic acid groups (broad SMARTS) is 1. The highest BCUT2D eigenvalue weighted by atomic mass is 16.6. The lowest BCUT2D eigenvalue weighted by atomic mass is 9.87. The number of ether oxygens (including phenoxy) is 3. The van der Waals surface area contributed by atoms with Crippen LogP contribution in [0.3, 0.4) is 0 Å². The molecule has 1 unspecified atom stereocenters. The van der Waals surface area contributed by atoms with Crippen LogP contribution in [0.15, 0.2) is 42.6 Å². The third-order valence-electron chi connectivity index (χ3n) is 6.29. The number of amides is 1. The van der Waals surface area contributed by atoms with E-state index in [1.54, 1.807) is 31.5 Å². The van der Waals surface area contributed by atoms with Crippen molar-refractivity contribution < 1.29 is 24.1 Å². The summed E-state index contributed by atoms with van der Waals surface area (Å²) in [6.45, 7) is 1.14. The van der Waals surface area contributed by atoms with E-state index in [2.05, 4.69) is 21.4 Å². The first-order chi connectivity index (χ1) is 17.0. The molecule has 2 aliphatic rings. The molecule has 1 atom stereocenters. The SMILES string of the molecule is COc1ccc(N)c(Nc2ccc3c(c2)CCC(N(Cc2cc4c(cn2)OCCO4)C(=O)O)C3)n1. The van der Waals surface area contributed by atoms with Gasteiger partial charge < -0.3 is 30.4 Å². The highest BCUT2D eigenvalue weighted by Crippen LogP contribution is 2.32. The van der Waals surface area contributed by atoms with Crippen molar-refractivity contribution in [2.45, 2.75) is 31.8 Å². The van der Waals surface area contributed by atoms with Crippen LogP contribution >= 0.6 is 0 Å². The Kier molecular flexibility index (Phi) is 6.17. The van der Waals surface area contributed by atoms with E-state index in [-0.39, 0.29) is 12.6 Å². The Bertz CT molecular complexity index is 1250. The number of rotatable bonds is 6. The molecule has 0 spiro atoms. The lowest BCUT2D eigenvalue weighted by molar-refractivity contribution is 0.114. The van der Waals surface area contributed by atoms with E-state index in [9.17, 15) is 9.90 Å². The molecule has 35 heavy (non-hydrogen) atoms. The maximum absolute atomic E-state index is 12.1. The fourth-order valence-electron chi connectivity index (χ4n) is 4.49. The molecule has 182 valence electrons. The average Bonchev–Trinajstić information content (AvgIpc) is 2.88. The number of carbonyl (C=O) groups is 1. The second-order valence-electron chi connectivity index (χ2n) is 8.53. The first-order valence-electron chi connectivity index (χ1n) is 11.4. The van der Waals surface area contributed by atoms with Crippen LogP contribution in [0.5, 0.6) is 17.4 Å². The van der Waals surface area contributed by atoms with Gasteiger partial charge in [0.2, 0.25) is 5.88 Å². The highest BCUT2D eigenvalue weighted by Gasteiger charge is 2.29. The van der Waals surface area contributed by atoms with Gasteiger partial charge in [0.15, 0.2) is 17.3 Å². The lowest BCUT2D eigenvalue weighted by Crippen LogP contribution is -2.42. The predicted octanol–water partition coefficient (Wildman–Crippen LogP) is 3.62.